The molecule has 21 heavy (non-hydrogen) atoms. The Morgan fingerprint density at radius 1 is 1.19 bits per heavy atom. The van der Waals surface area contributed by atoms with Crippen LogP contribution in [0.2, 0.25) is 0 Å². The number of thiocarbonyl (C=S) groups is 1. The molecule has 0 radical (unpaired) electrons. The van der Waals surface area contributed by atoms with E-state index in [0.717, 1.165) is 22.5 Å². The summed E-state index contributed by atoms with van der Waals surface area (Å²) in [7, 11) is 0. The van der Waals surface area contributed by atoms with Crippen LogP contribution >= 0.6 is 39.9 Å². The first kappa shape index (κ1) is 16.3. The van der Waals surface area contributed by atoms with Crippen molar-refractivity contribution in [2.24, 2.45) is 0 Å². The highest BCUT2D eigenvalue weighted by Crippen LogP contribution is 2.17. The molecule has 5 heteroatoms. The molecular formula is C16H17BrN2S2. The van der Waals surface area contributed by atoms with Crippen molar-refractivity contribution in [3.8, 4) is 0 Å². The van der Waals surface area contributed by atoms with Gasteiger partial charge < -0.3 is 10.6 Å². The third kappa shape index (κ3) is 6.08. The van der Waals surface area contributed by atoms with E-state index in [4.69, 9.17) is 12.2 Å². The van der Waals surface area contributed by atoms with Crippen LogP contribution in [-0.4, -0.2) is 17.4 Å². The molecule has 0 saturated carbocycles. The maximum atomic E-state index is 5.28. The highest BCUT2D eigenvalue weighted by atomic mass is 79.9. The van der Waals surface area contributed by atoms with Crippen LogP contribution in [0.25, 0.3) is 0 Å². The fourth-order valence-electron chi connectivity index (χ4n) is 1.71. The Morgan fingerprint density at radius 3 is 2.67 bits per heavy atom. The number of thioether (sulfide) groups is 1. The maximum absolute atomic E-state index is 5.28. The molecule has 0 aliphatic rings. The van der Waals surface area contributed by atoms with Gasteiger partial charge in [0, 0.05) is 27.4 Å². The van der Waals surface area contributed by atoms with E-state index in [1.54, 1.807) is 0 Å². The van der Waals surface area contributed by atoms with Crippen LogP contribution in [0.4, 0.5) is 5.69 Å². The molecule has 2 aromatic carbocycles. The van der Waals surface area contributed by atoms with Gasteiger partial charge in [-0.1, -0.05) is 39.7 Å². The molecule has 2 aromatic rings. The van der Waals surface area contributed by atoms with E-state index in [0.29, 0.717) is 5.11 Å². The molecule has 0 atom stereocenters. The summed E-state index contributed by atoms with van der Waals surface area (Å²) >= 11 is 10.5. The quantitative estimate of drug-likeness (QED) is 0.440. The van der Waals surface area contributed by atoms with Crippen LogP contribution in [0.15, 0.2) is 57.9 Å². The van der Waals surface area contributed by atoms with Gasteiger partial charge in [0.2, 0.25) is 0 Å². The number of nitrogens with one attached hydrogen (secondary N) is 2. The second kappa shape index (κ2) is 8.41. The molecule has 2 N–H and O–H groups in total. The lowest BCUT2D eigenvalue weighted by Gasteiger charge is -2.10. The number of anilines is 1. The summed E-state index contributed by atoms with van der Waals surface area (Å²) in [5, 5.41) is 7.04. The first-order valence-electron chi connectivity index (χ1n) is 6.63. The van der Waals surface area contributed by atoms with Crippen LogP contribution in [-0.2, 0) is 0 Å². The van der Waals surface area contributed by atoms with Crippen LogP contribution in [0.3, 0.4) is 0 Å². The first-order valence-corrected chi connectivity index (χ1v) is 8.82. The molecule has 0 bridgehead atoms. The summed E-state index contributed by atoms with van der Waals surface area (Å²) in [4.78, 5) is 1.29. The van der Waals surface area contributed by atoms with E-state index in [1.807, 2.05) is 36.0 Å². The Labute approximate surface area is 143 Å². The molecule has 0 spiro atoms. The third-order valence-electron chi connectivity index (χ3n) is 2.76. The number of halogens is 1. The fraction of sp³-hybridized carbons (Fsp3) is 0.188. The van der Waals surface area contributed by atoms with Crippen LogP contribution < -0.4 is 10.6 Å². The van der Waals surface area contributed by atoms with Gasteiger partial charge in [-0.3, -0.25) is 0 Å². The predicted octanol–water partition coefficient (Wildman–Crippen LogP) is 4.84. The van der Waals surface area contributed by atoms with Crippen LogP contribution in [0.1, 0.15) is 5.56 Å². The van der Waals surface area contributed by atoms with E-state index in [2.05, 4.69) is 57.8 Å². The normalized spacial score (nSPS) is 10.2. The monoisotopic (exact) mass is 380 g/mol. The predicted molar refractivity (Wildman–Crippen MR) is 100 cm³/mol. The lowest BCUT2D eigenvalue weighted by atomic mass is 10.2. The summed E-state index contributed by atoms with van der Waals surface area (Å²) in [6, 6.07) is 16.5. The van der Waals surface area contributed by atoms with E-state index in [-0.39, 0.29) is 0 Å². The highest BCUT2D eigenvalue weighted by molar-refractivity contribution is 9.10. The van der Waals surface area contributed by atoms with Gasteiger partial charge in [-0.05, 0) is 49.5 Å². The molecule has 2 nitrogen and oxygen atoms in total. The second-order valence-electron chi connectivity index (χ2n) is 4.55. The number of hydrogen-bond acceptors (Lipinski definition) is 2. The van der Waals surface area contributed by atoms with Gasteiger partial charge in [0.15, 0.2) is 5.11 Å². The number of hydrogen-bond donors (Lipinski definition) is 2. The topological polar surface area (TPSA) is 24.1 Å². The summed E-state index contributed by atoms with van der Waals surface area (Å²) in [5.74, 6) is 0.976. The number of benzene rings is 2. The molecule has 0 amide bonds. The summed E-state index contributed by atoms with van der Waals surface area (Å²) < 4.78 is 1.03. The Bertz CT molecular complexity index is 599. The first-order chi connectivity index (χ1) is 10.1. The van der Waals surface area contributed by atoms with Crippen molar-refractivity contribution in [1.82, 2.24) is 5.32 Å². The van der Waals surface area contributed by atoms with Gasteiger partial charge >= 0.3 is 0 Å². The molecule has 2 rings (SSSR count). The van der Waals surface area contributed by atoms with Crippen LogP contribution in [0.5, 0.6) is 0 Å². The van der Waals surface area contributed by atoms with Gasteiger partial charge in [-0.25, -0.2) is 0 Å². The Morgan fingerprint density at radius 2 is 1.95 bits per heavy atom. The molecule has 0 heterocycles. The van der Waals surface area contributed by atoms with Crippen LogP contribution in [0, 0.1) is 6.92 Å². The lowest BCUT2D eigenvalue weighted by molar-refractivity contribution is 0.990. The lowest BCUT2D eigenvalue weighted by Crippen LogP contribution is -2.30. The molecule has 0 aliphatic carbocycles. The van der Waals surface area contributed by atoms with Crippen molar-refractivity contribution >= 4 is 50.7 Å². The number of rotatable bonds is 5. The Kier molecular flexibility index (Phi) is 6.54. The molecular weight excluding hydrogens is 364 g/mol. The van der Waals surface area contributed by atoms with Gasteiger partial charge in [-0.15, -0.1) is 11.8 Å². The molecule has 0 fully saturated rings. The summed E-state index contributed by atoms with van der Waals surface area (Å²) in [5.41, 5.74) is 2.27. The summed E-state index contributed by atoms with van der Waals surface area (Å²) in [6.45, 7) is 2.93. The molecule has 0 aromatic heterocycles. The fourth-order valence-corrected chi connectivity index (χ4v) is 3.10. The molecule has 110 valence electrons. The van der Waals surface area contributed by atoms with Crippen molar-refractivity contribution in [3.05, 3.63) is 58.6 Å². The smallest absolute Gasteiger partial charge is 0.170 e. The zero-order valence-corrected chi connectivity index (χ0v) is 14.9. The third-order valence-corrected chi connectivity index (χ3v) is 4.51. The maximum Gasteiger partial charge on any atom is 0.170 e. The van der Waals surface area contributed by atoms with Crippen molar-refractivity contribution < 1.29 is 0 Å². The van der Waals surface area contributed by atoms with Crippen molar-refractivity contribution in [2.75, 3.05) is 17.6 Å². The second-order valence-corrected chi connectivity index (χ2v) is 7.05. The van der Waals surface area contributed by atoms with Crippen molar-refractivity contribution in [3.63, 3.8) is 0 Å². The van der Waals surface area contributed by atoms with Crippen molar-refractivity contribution in [2.45, 2.75) is 11.8 Å². The molecule has 0 aliphatic heterocycles. The van der Waals surface area contributed by atoms with Gasteiger partial charge in [0.05, 0.1) is 0 Å². The van der Waals surface area contributed by atoms with Crippen molar-refractivity contribution in [1.29, 1.82) is 0 Å². The van der Waals surface area contributed by atoms with E-state index < -0.39 is 0 Å². The Hall–Kier alpha value is -1.04. The SMILES string of the molecule is Cc1ccc(SCCNC(=S)Nc2cccc(Br)c2)cc1. The molecule has 0 saturated heterocycles. The minimum absolute atomic E-state index is 0.651. The Balaban J connectivity index is 1.68. The van der Waals surface area contributed by atoms with E-state index >= 15 is 0 Å². The minimum atomic E-state index is 0.651. The number of aryl methyl sites for hydroxylation is 1. The zero-order valence-electron chi connectivity index (χ0n) is 11.7. The highest BCUT2D eigenvalue weighted by Gasteiger charge is 1.98. The standard InChI is InChI=1S/C16H17BrN2S2/c1-12-5-7-15(8-6-12)21-10-9-18-16(20)19-14-4-2-3-13(17)11-14/h2-8,11H,9-10H2,1H3,(H2,18,19,20). The zero-order chi connectivity index (χ0) is 15.1. The van der Waals surface area contributed by atoms with Gasteiger partial charge in [-0.2, -0.15) is 0 Å². The van der Waals surface area contributed by atoms with Gasteiger partial charge in [0.25, 0.3) is 0 Å². The molecule has 0 unspecified atom stereocenters. The average Bonchev–Trinajstić information content (AvgIpc) is 2.45. The van der Waals surface area contributed by atoms with E-state index in [9.17, 15) is 0 Å². The largest absolute Gasteiger partial charge is 0.362 e. The average molecular weight is 381 g/mol. The van der Waals surface area contributed by atoms with E-state index in [1.165, 1.54) is 10.5 Å². The van der Waals surface area contributed by atoms with Gasteiger partial charge in [0.1, 0.15) is 0 Å². The minimum Gasteiger partial charge on any atom is -0.362 e. The summed E-state index contributed by atoms with van der Waals surface area (Å²) in [6.07, 6.45) is 0.